The first-order chi connectivity index (χ1) is 15.5. The first-order valence-electron chi connectivity index (χ1n) is 10.7. The Morgan fingerprint density at radius 3 is 2.12 bits per heavy atom. The molecule has 0 heterocycles. The van der Waals surface area contributed by atoms with Gasteiger partial charge in [-0.2, -0.15) is 21.6 Å². The largest absolute Gasteiger partial charge is 0.534 e. The van der Waals surface area contributed by atoms with E-state index >= 15 is 0 Å². The van der Waals surface area contributed by atoms with Crippen molar-refractivity contribution in [2.75, 3.05) is 14.2 Å². The topological polar surface area (TPSA) is 78.9 Å². The average molecular weight is 487 g/mol. The molecular weight excluding hydrogens is 461 g/mol. The van der Waals surface area contributed by atoms with Crippen LogP contribution in [-0.2, 0) is 24.4 Å². The second-order valence-electron chi connectivity index (χ2n) is 8.89. The predicted octanol–water partition coefficient (Wildman–Crippen LogP) is 4.91. The molecule has 0 unspecified atom stereocenters. The molecule has 4 fully saturated rings. The monoisotopic (exact) mass is 486 g/mol. The maximum atomic E-state index is 13.0. The molecule has 180 valence electrons. The number of allylic oxidation sites excluding steroid dienone is 1. The molecule has 1 aromatic rings. The maximum absolute atomic E-state index is 13.0. The Morgan fingerprint density at radius 1 is 1.00 bits per heavy atom. The summed E-state index contributed by atoms with van der Waals surface area (Å²) in [5.41, 5.74) is -4.03. The van der Waals surface area contributed by atoms with Gasteiger partial charge >= 0.3 is 21.6 Å². The van der Waals surface area contributed by atoms with E-state index in [1.165, 1.54) is 25.7 Å². The molecule has 0 saturated heterocycles. The molecule has 0 radical (unpaired) electrons. The average Bonchev–Trinajstić information content (AvgIpc) is 2.73. The highest BCUT2D eigenvalue weighted by atomic mass is 32.2. The van der Waals surface area contributed by atoms with Gasteiger partial charge in [0.25, 0.3) is 0 Å². The summed E-state index contributed by atoms with van der Waals surface area (Å²) >= 11 is 0. The van der Waals surface area contributed by atoms with Crippen LogP contribution in [-0.4, -0.2) is 34.1 Å². The summed E-state index contributed by atoms with van der Waals surface area (Å²) in [5, 5.41) is 0. The van der Waals surface area contributed by atoms with Crippen LogP contribution in [0.3, 0.4) is 0 Å². The molecule has 0 aliphatic heterocycles. The van der Waals surface area contributed by atoms with Gasteiger partial charge < -0.3 is 13.7 Å². The molecule has 0 spiro atoms. The summed E-state index contributed by atoms with van der Waals surface area (Å²) in [4.78, 5) is 11.4. The van der Waals surface area contributed by atoms with Gasteiger partial charge in [-0.15, -0.1) is 0 Å². The van der Waals surface area contributed by atoms with Gasteiger partial charge in [0.15, 0.2) is 5.75 Å². The van der Waals surface area contributed by atoms with Gasteiger partial charge in [-0.05, 0) is 73.5 Å². The van der Waals surface area contributed by atoms with E-state index in [1.807, 2.05) is 0 Å². The minimum atomic E-state index is -5.91. The molecule has 4 aliphatic rings. The Balaban J connectivity index is 1.77. The quantitative estimate of drug-likeness (QED) is 0.187. The van der Waals surface area contributed by atoms with E-state index in [9.17, 15) is 26.4 Å². The molecule has 6 nitrogen and oxygen atoms in total. The number of ether oxygens (including phenoxy) is 2. The van der Waals surface area contributed by atoms with Gasteiger partial charge in [0.1, 0.15) is 5.76 Å². The van der Waals surface area contributed by atoms with Crippen LogP contribution in [0.15, 0.2) is 29.8 Å². The van der Waals surface area contributed by atoms with Crippen LogP contribution in [0, 0.1) is 23.7 Å². The Bertz CT molecular complexity index is 1070. The van der Waals surface area contributed by atoms with Gasteiger partial charge in [-0.1, -0.05) is 12.1 Å². The van der Waals surface area contributed by atoms with E-state index in [4.69, 9.17) is 4.74 Å². The number of esters is 1. The van der Waals surface area contributed by atoms with E-state index in [0.717, 1.165) is 50.5 Å². The lowest BCUT2D eigenvalue weighted by atomic mass is 9.54. The molecule has 0 atom stereocenters. The molecule has 4 saturated carbocycles. The van der Waals surface area contributed by atoms with Crippen molar-refractivity contribution in [1.29, 1.82) is 0 Å². The minimum absolute atomic E-state index is 0.0255. The lowest BCUT2D eigenvalue weighted by Crippen LogP contribution is -2.40. The van der Waals surface area contributed by atoms with Crippen molar-refractivity contribution >= 4 is 27.9 Å². The smallest absolute Gasteiger partial charge is 0.496 e. The highest BCUT2D eigenvalue weighted by Crippen LogP contribution is 2.58. The van der Waals surface area contributed by atoms with Crippen LogP contribution in [0.2, 0.25) is 0 Å². The fourth-order valence-corrected chi connectivity index (χ4v) is 6.22. The number of alkyl halides is 3. The van der Waals surface area contributed by atoms with Crippen molar-refractivity contribution in [3.63, 3.8) is 0 Å². The van der Waals surface area contributed by atoms with Gasteiger partial charge in [0, 0.05) is 17.2 Å². The molecule has 0 amide bonds. The van der Waals surface area contributed by atoms with Crippen molar-refractivity contribution < 1.29 is 40.0 Å². The minimum Gasteiger partial charge on any atom is -0.496 e. The highest BCUT2D eigenvalue weighted by Gasteiger charge is 2.49. The number of rotatable bonds is 6. The Labute approximate surface area is 190 Å². The van der Waals surface area contributed by atoms with Crippen molar-refractivity contribution in [3.05, 3.63) is 41.0 Å². The number of methoxy groups -OCH3 is 2. The fraction of sp³-hybridized carbons (Fsp3) is 0.522. The first-order valence-corrected chi connectivity index (χ1v) is 12.1. The second kappa shape index (κ2) is 8.70. The lowest BCUT2D eigenvalue weighted by Gasteiger charge is -2.51. The number of hydrogen-bond acceptors (Lipinski definition) is 6. The normalized spacial score (nSPS) is 26.5. The van der Waals surface area contributed by atoms with Crippen LogP contribution in [0.5, 0.6) is 5.75 Å². The number of benzene rings is 1. The van der Waals surface area contributed by atoms with Gasteiger partial charge in [-0.3, -0.25) is 0 Å². The van der Waals surface area contributed by atoms with Gasteiger partial charge in [-0.25, -0.2) is 4.79 Å². The third-order valence-electron chi connectivity index (χ3n) is 6.84. The third kappa shape index (κ3) is 4.62. The van der Waals surface area contributed by atoms with Crippen LogP contribution in [0.1, 0.15) is 43.2 Å². The van der Waals surface area contributed by atoms with Crippen molar-refractivity contribution in [3.8, 4) is 5.75 Å². The van der Waals surface area contributed by atoms with Crippen molar-refractivity contribution in [2.45, 2.75) is 37.6 Å². The molecule has 0 aromatic heterocycles. The Morgan fingerprint density at radius 2 is 1.61 bits per heavy atom. The van der Waals surface area contributed by atoms with Gasteiger partial charge in [0.2, 0.25) is 0 Å². The molecule has 10 heteroatoms. The third-order valence-corrected chi connectivity index (χ3v) is 7.81. The van der Waals surface area contributed by atoms with E-state index in [2.05, 4.69) is 8.92 Å². The number of carbonyl (C=O) groups is 1. The van der Waals surface area contributed by atoms with Crippen LogP contribution in [0.4, 0.5) is 13.2 Å². The summed E-state index contributed by atoms with van der Waals surface area (Å²) in [7, 11) is -3.27. The van der Waals surface area contributed by atoms with Crippen molar-refractivity contribution in [2.24, 2.45) is 23.7 Å². The van der Waals surface area contributed by atoms with E-state index in [-0.39, 0.29) is 5.56 Å². The zero-order chi connectivity index (χ0) is 24.0. The molecule has 4 bridgehead atoms. The summed E-state index contributed by atoms with van der Waals surface area (Å²) in [5.74, 6) is 1.38. The van der Waals surface area contributed by atoms with Crippen LogP contribution in [0.25, 0.3) is 11.8 Å². The zero-order valence-corrected chi connectivity index (χ0v) is 19.0. The number of halogens is 3. The molecule has 0 N–H and O–H groups in total. The first kappa shape index (κ1) is 23.7. The number of carbonyl (C=O) groups excluding carboxylic acids is 1. The van der Waals surface area contributed by atoms with E-state index in [0.29, 0.717) is 35.0 Å². The summed E-state index contributed by atoms with van der Waals surface area (Å²) in [6.07, 6.45) is 7.65. The zero-order valence-electron chi connectivity index (χ0n) is 18.2. The maximum Gasteiger partial charge on any atom is 0.534 e. The molecule has 1 aromatic carbocycles. The standard InChI is InChI=1S/C23H25F3O6S/c1-30-20(27)6-5-15-3-4-16(12-19(15)32-33(28,29)23(24,25)26)22(31-2)21-17-8-13-7-14(10-17)11-18(21)9-13/h3-6,12-14,17-18H,7-11H2,1-2H3/b6-5+,22-21?. The van der Waals surface area contributed by atoms with Crippen LogP contribution >= 0.6 is 0 Å². The molecular formula is C23H25F3O6S. The van der Waals surface area contributed by atoms with Gasteiger partial charge in [0.05, 0.1) is 14.2 Å². The lowest BCUT2D eigenvalue weighted by molar-refractivity contribution is -0.134. The van der Waals surface area contributed by atoms with E-state index < -0.39 is 27.3 Å². The summed E-state index contributed by atoms with van der Waals surface area (Å²) in [6, 6.07) is 4.24. The number of hydrogen-bond donors (Lipinski definition) is 0. The molecule has 4 aliphatic carbocycles. The SMILES string of the molecule is COC(=O)/C=C/c1ccc(C(OC)=C2C3CC4CC(C3)CC2C4)cc1OS(=O)(=O)C(F)(F)F. The summed E-state index contributed by atoms with van der Waals surface area (Å²) < 4.78 is 77.1. The predicted molar refractivity (Wildman–Crippen MR) is 114 cm³/mol. The fourth-order valence-electron chi connectivity index (χ4n) is 5.74. The van der Waals surface area contributed by atoms with Crippen molar-refractivity contribution in [1.82, 2.24) is 0 Å². The second-order valence-corrected chi connectivity index (χ2v) is 10.4. The van der Waals surface area contributed by atoms with Crippen LogP contribution < -0.4 is 4.18 Å². The summed E-state index contributed by atoms with van der Waals surface area (Å²) in [6.45, 7) is 0. The Hall–Kier alpha value is -2.49. The Kier molecular flexibility index (Phi) is 6.24. The molecule has 5 rings (SSSR count). The van der Waals surface area contributed by atoms with E-state index in [1.54, 1.807) is 6.07 Å². The molecule has 33 heavy (non-hydrogen) atoms. The highest BCUT2D eigenvalue weighted by molar-refractivity contribution is 7.88.